The van der Waals surface area contributed by atoms with Gasteiger partial charge in [0.2, 0.25) is 0 Å². The smallest absolute Gasteiger partial charge is 0.319 e. The van der Waals surface area contributed by atoms with Gasteiger partial charge in [0.25, 0.3) is 11.5 Å². The fraction of sp³-hybridized carbons (Fsp3) is 0.294. The van der Waals surface area contributed by atoms with Crippen LogP contribution in [0, 0.1) is 0 Å². The molecule has 144 valence electrons. The van der Waals surface area contributed by atoms with Crippen molar-refractivity contribution in [3.8, 4) is 5.75 Å². The standard InChI is InChI=1S/C17H20N4O5S/c1-4-11(16(24)26-3)27-17-20-13(18)12(15(23)21-17)19-14(22)9-5-7-10(25-2)8-6-9/h5-8,11H,4H2,1-3H3,(H,19,22)(H3,18,20,21,23)/t11-/m1/s1. The van der Waals surface area contributed by atoms with Crippen molar-refractivity contribution in [2.75, 3.05) is 25.3 Å². The van der Waals surface area contributed by atoms with Gasteiger partial charge in [-0.1, -0.05) is 18.7 Å². The lowest BCUT2D eigenvalue weighted by molar-refractivity contribution is -0.140. The summed E-state index contributed by atoms with van der Waals surface area (Å²) in [4.78, 5) is 42.8. The molecule has 1 atom stereocenters. The first-order chi connectivity index (χ1) is 12.9. The van der Waals surface area contributed by atoms with Crippen LogP contribution in [0.15, 0.2) is 34.2 Å². The van der Waals surface area contributed by atoms with E-state index in [1.165, 1.54) is 14.2 Å². The number of H-pyrrole nitrogens is 1. The molecule has 0 aliphatic heterocycles. The number of carbonyl (C=O) groups excluding carboxylic acids is 2. The van der Waals surface area contributed by atoms with E-state index in [4.69, 9.17) is 15.2 Å². The van der Waals surface area contributed by atoms with Crippen molar-refractivity contribution in [3.63, 3.8) is 0 Å². The van der Waals surface area contributed by atoms with Gasteiger partial charge in [0.05, 0.1) is 14.2 Å². The topological polar surface area (TPSA) is 136 Å². The molecule has 1 amide bonds. The van der Waals surface area contributed by atoms with Gasteiger partial charge in [-0.25, -0.2) is 4.98 Å². The van der Waals surface area contributed by atoms with Crippen LogP contribution >= 0.6 is 11.8 Å². The molecular weight excluding hydrogens is 372 g/mol. The molecule has 0 fully saturated rings. The lowest BCUT2D eigenvalue weighted by Crippen LogP contribution is -2.24. The minimum absolute atomic E-state index is 0.150. The number of methoxy groups -OCH3 is 2. The number of hydrogen-bond donors (Lipinski definition) is 3. The number of nitrogens with zero attached hydrogens (tertiary/aromatic N) is 1. The third kappa shape index (κ3) is 5.00. The van der Waals surface area contributed by atoms with E-state index in [9.17, 15) is 14.4 Å². The number of amides is 1. The van der Waals surface area contributed by atoms with E-state index < -0.39 is 22.7 Å². The highest BCUT2D eigenvalue weighted by Crippen LogP contribution is 2.24. The molecule has 2 aromatic rings. The first-order valence-corrected chi connectivity index (χ1v) is 8.87. The van der Waals surface area contributed by atoms with Crippen molar-refractivity contribution < 1.29 is 19.1 Å². The molecular formula is C17H20N4O5S. The summed E-state index contributed by atoms with van der Waals surface area (Å²) in [5, 5.41) is 2.08. The molecule has 4 N–H and O–H groups in total. The number of ether oxygens (including phenoxy) is 2. The van der Waals surface area contributed by atoms with E-state index in [0.717, 1.165) is 11.8 Å². The van der Waals surface area contributed by atoms with E-state index in [1.54, 1.807) is 31.2 Å². The Hall–Kier alpha value is -3.01. The minimum Gasteiger partial charge on any atom is -0.497 e. The molecule has 1 aromatic heterocycles. The third-order valence-corrected chi connectivity index (χ3v) is 4.83. The number of carbonyl (C=O) groups is 2. The summed E-state index contributed by atoms with van der Waals surface area (Å²) < 4.78 is 9.73. The maximum Gasteiger partial charge on any atom is 0.319 e. The molecule has 0 radical (unpaired) electrons. The molecule has 0 unspecified atom stereocenters. The molecule has 1 heterocycles. The number of nitrogens with two attached hydrogens (primary N) is 1. The second-order valence-electron chi connectivity index (χ2n) is 5.35. The van der Waals surface area contributed by atoms with Crippen LogP contribution in [0.3, 0.4) is 0 Å². The summed E-state index contributed by atoms with van der Waals surface area (Å²) in [7, 11) is 2.80. The quantitative estimate of drug-likeness (QED) is 0.368. The van der Waals surface area contributed by atoms with E-state index in [2.05, 4.69) is 15.3 Å². The van der Waals surface area contributed by atoms with Gasteiger partial charge in [-0.15, -0.1) is 0 Å². The zero-order valence-corrected chi connectivity index (χ0v) is 15.9. The molecule has 0 spiro atoms. The second-order valence-corrected chi connectivity index (χ2v) is 6.54. The number of aromatic nitrogens is 2. The fourth-order valence-corrected chi connectivity index (χ4v) is 3.07. The number of benzene rings is 1. The molecule has 1 aromatic carbocycles. The van der Waals surface area contributed by atoms with Crippen LogP contribution in [-0.4, -0.2) is 41.3 Å². The predicted molar refractivity (Wildman–Crippen MR) is 102 cm³/mol. The highest BCUT2D eigenvalue weighted by Gasteiger charge is 2.21. The highest BCUT2D eigenvalue weighted by molar-refractivity contribution is 8.00. The van der Waals surface area contributed by atoms with Crippen LogP contribution in [0.25, 0.3) is 0 Å². The summed E-state index contributed by atoms with van der Waals surface area (Å²) in [6, 6.07) is 6.35. The first-order valence-electron chi connectivity index (χ1n) is 7.99. The van der Waals surface area contributed by atoms with E-state index >= 15 is 0 Å². The van der Waals surface area contributed by atoms with Crippen molar-refractivity contribution in [1.29, 1.82) is 0 Å². The van der Waals surface area contributed by atoms with E-state index in [1.807, 2.05) is 0 Å². The summed E-state index contributed by atoms with van der Waals surface area (Å²) in [6.07, 6.45) is 0.483. The fourth-order valence-electron chi connectivity index (χ4n) is 2.14. The number of thioether (sulfide) groups is 1. The predicted octanol–water partition coefficient (Wildman–Crippen LogP) is 1.66. The zero-order valence-electron chi connectivity index (χ0n) is 15.1. The second kappa shape index (κ2) is 9.08. The monoisotopic (exact) mass is 392 g/mol. The van der Waals surface area contributed by atoms with Crippen LogP contribution in [0.2, 0.25) is 0 Å². The number of nitrogen functional groups attached to an aromatic ring is 1. The summed E-state index contributed by atoms with van der Waals surface area (Å²) >= 11 is 1.03. The Morgan fingerprint density at radius 1 is 1.30 bits per heavy atom. The number of nitrogens with one attached hydrogen (secondary N) is 2. The van der Waals surface area contributed by atoms with Crippen molar-refractivity contribution in [2.24, 2.45) is 0 Å². The number of hydrogen-bond acceptors (Lipinski definition) is 8. The Morgan fingerprint density at radius 3 is 2.48 bits per heavy atom. The molecule has 0 saturated carbocycles. The Kier molecular flexibility index (Phi) is 6.83. The van der Waals surface area contributed by atoms with Crippen molar-refractivity contribution >= 4 is 35.1 Å². The normalized spacial score (nSPS) is 11.5. The Labute approximate surface area is 159 Å². The number of aromatic amines is 1. The van der Waals surface area contributed by atoms with Gasteiger partial charge in [0.15, 0.2) is 11.0 Å². The zero-order chi connectivity index (χ0) is 20.0. The van der Waals surface area contributed by atoms with Crippen LogP contribution in [-0.2, 0) is 9.53 Å². The maximum absolute atomic E-state index is 12.3. The molecule has 2 rings (SSSR count). The summed E-state index contributed by atoms with van der Waals surface area (Å²) in [5.74, 6) is -0.496. The Morgan fingerprint density at radius 2 is 1.96 bits per heavy atom. The van der Waals surface area contributed by atoms with Crippen LogP contribution < -0.4 is 21.3 Å². The Balaban J connectivity index is 2.19. The molecule has 0 bridgehead atoms. The third-order valence-electron chi connectivity index (χ3n) is 3.61. The van der Waals surface area contributed by atoms with Crippen molar-refractivity contribution in [1.82, 2.24) is 9.97 Å². The lowest BCUT2D eigenvalue weighted by Gasteiger charge is -2.12. The average molecular weight is 392 g/mol. The van der Waals surface area contributed by atoms with Gasteiger partial charge < -0.3 is 20.5 Å². The van der Waals surface area contributed by atoms with Gasteiger partial charge in [-0.05, 0) is 30.7 Å². The highest BCUT2D eigenvalue weighted by atomic mass is 32.2. The molecule has 0 saturated heterocycles. The van der Waals surface area contributed by atoms with Crippen LogP contribution in [0.1, 0.15) is 23.7 Å². The van der Waals surface area contributed by atoms with Gasteiger partial charge >= 0.3 is 5.97 Å². The summed E-state index contributed by atoms with van der Waals surface area (Å²) in [6.45, 7) is 1.81. The largest absolute Gasteiger partial charge is 0.497 e. The molecule has 27 heavy (non-hydrogen) atoms. The molecule has 9 nitrogen and oxygen atoms in total. The average Bonchev–Trinajstić information content (AvgIpc) is 2.68. The maximum atomic E-state index is 12.3. The van der Waals surface area contributed by atoms with E-state index in [-0.39, 0.29) is 16.7 Å². The van der Waals surface area contributed by atoms with Crippen LogP contribution in [0.5, 0.6) is 5.75 Å². The molecule has 0 aliphatic carbocycles. The van der Waals surface area contributed by atoms with Gasteiger partial charge in [-0.2, -0.15) is 0 Å². The van der Waals surface area contributed by atoms with Crippen molar-refractivity contribution in [3.05, 3.63) is 40.2 Å². The number of esters is 1. The van der Waals surface area contributed by atoms with E-state index in [0.29, 0.717) is 17.7 Å². The van der Waals surface area contributed by atoms with Crippen molar-refractivity contribution in [2.45, 2.75) is 23.8 Å². The Bertz CT molecular complexity index is 882. The lowest BCUT2D eigenvalue weighted by atomic mass is 10.2. The SMILES string of the molecule is CC[C@@H](Sc1nc(N)c(NC(=O)c2ccc(OC)cc2)c(=O)[nH]1)C(=O)OC. The number of anilines is 2. The van der Waals surface area contributed by atoms with Crippen LogP contribution in [0.4, 0.5) is 11.5 Å². The summed E-state index contributed by atoms with van der Waals surface area (Å²) in [5.41, 5.74) is 5.37. The minimum atomic E-state index is -0.619. The molecule has 10 heteroatoms. The van der Waals surface area contributed by atoms with Gasteiger partial charge in [0.1, 0.15) is 16.7 Å². The van der Waals surface area contributed by atoms with Gasteiger partial charge in [0, 0.05) is 5.56 Å². The number of rotatable bonds is 7. The van der Waals surface area contributed by atoms with Gasteiger partial charge in [-0.3, -0.25) is 19.4 Å². The first kappa shape index (κ1) is 20.3. The molecule has 0 aliphatic rings.